The van der Waals surface area contributed by atoms with Crippen LogP contribution in [-0.2, 0) is 14.3 Å². The van der Waals surface area contributed by atoms with Crippen LogP contribution in [0.1, 0.15) is 13.3 Å². The number of nitrogens with one attached hydrogen (secondary N) is 2. The third-order valence-electron chi connectivity index (χ3n) is 2.18. The predicted octanol–water partition coefficient (Wildman–Crippen LogP) is 1.21. The predicted molar refractivity (Wildman–Crippen MR) is 74.6 cm³/mol. The summed E-state index contributed by atoms with van der Waals surface area (Å²) in [5.41, 5.74) is 5.24. The number of nitrogens with zero attached hydrogens (tertiary/aromatic N) is 1. The molecular formula is C12H17N3O3S. The highest BCUT2D eigenvalue weighted by Gasteiger charge is 2.11. The molecule has 0 spiro atoms. The average molecular weight is 283 g/mol. The molecule has 1 rings (SSSR count). The maximum atomic E-state index is 11.5. The lowest BCUT2D eigenvalue weighted by Crippen LogP contribution is -2.31. The van der Waals surface area contributed by atoms with Crippen molar-refractivity contribution in [2.45, 2.75) is 18.6 Å². The van der Waals surface area contributed by atoms with Gasteiger partial charge in [-0.1, -0.05) is 13.0 Å². The maximum absolute atomic E-state index is 11.5. The van der Waals surface area contributed by atoms with Gasteiger partial charge in [0.1, 0.15) is 5.82 Å². The fourth-order valence-electron chi connectivity index (χ4n) is 1.20. The molecule has 0 aliphatic heterocycles. The van der Waals surface area contributed by atoms with Crippen LogP contribution >= 0.6 is 11.8 Å². The lowest BCUT2D eigenvalue weighted by atomic mass is 10.3. The van der Waals surface area contributed by atoms with Crippen LogP contribution in [0.5, 0.6) is 0 Å². The van der Waals surface area contributed by atoms with Gasteiger partial charge in [0.2, 0.25) is 5.91 Å². The lowest BCUT2D eigenvalue weighted by molar-refractivity contribution is -0.140. The molecule has 0 aliphatic rings. The second kappa shape index (κ2) is 8.36. The van der Waals surface area contributed by atoms with Gasteiger partial charge in [-0.05, 0) is 12.1 Å². The Balaban J connectivity index is 2.19. The van der Waals surface area contributed by atoms with Gasteiger partial charge in [0.25, 0.3) is 0 Å². The van der Waals surface area contributed by atoms with Crippen LogP contribution in [0.4, 0.5) is 5.82 Å². The summed E-state index contributed by atoms with van der Waals surface area (Å²) < 4.78 is 4.56. The van der Waals surface area contributed by atoms with Gasteiger partial charge >= 0.3 is 5.97 Å². The number of methoxy groups -OCH3 is 1. The van der Waals surface area contributed by atoms with E-state index in [0.717, 1.165) is 0 Å². The molecule has 0 saturated heterocycles. The first-order valence-electron chi connectivity index (χ1n) is 5.76. The van der Waals surface area contributed by atoms with Crippen molar-refractivity contribution in [2.75, 3.05) is 18.3 Å². The van der Waals surface area contributed by atoms with E-state index in [1.807, 2.05) is 13.0 Å². The van der Waals surface area contributed by atoms with E-state index in [0.29, 0.717) is 12.2 Å². The summed E-state index contributed by atoms with van der Waals surface area (Å²) in [6, 6.07) is 5.35. The summed E-state index contributed by atoms with van der Waals surface area (Å²) in [5.74, 6) is 0.390. The van der Waals surface area contributed by atoms with Gasteiger partial charge in [0.05, 0.1) is 19.3 Å². The summed E-state index contributed by atoms with van der Waals surface area (Å²) in [4.78, 5) is 26.6. The van der Waals surface area contributed by atoms with Gasteiger partial charge in [-0.2, -0.15) is 0 Å². The molecule has 0 aliphatic carbocycles. The number of hydrogen-bond acceptors (Lipinski definition) is 6. The lowest BCUT2D eigenvalue weighted by Gasteiger charge is -2.10. The van der Waals surface area contributed by atoms with E-state index in [1.54, 1.807) is 18.3 Å². The van der Waals surface area contributed by atoms with Crippen LogP contribution < -0.4 is 10.9 Å². The molecule has 0 radical (unpaired) electrons. The molecule has 1 aromatic rings. The van der Waals surface area contributed by atoms with E-state index in [1.165, 1.54) is 18.9 Å². The number of carbonyl (C=O) groups excluding carboxylic acids is 2. The largest absolute Gasteiger partial charge is 0.469 e. The number of thioether (sulfide) groups is 1. The first kappa shape index (κ1) is 15.3. The summed E-state index contributed by atoms with van der Waals surface area (Å²) in [6.07, 6.45) is 1.92. The van der Waals surface area contributed by atoms with Gasteiger partial charge in [0, 0.05) is 11.4 Å². The minimum absolute atomic E-state index is 0.0352. The van der Waals surface area contributed by atoms with E-state index in [4.69, 9.17) is 0 Å². The van der Waals surface area contributed by atoms with Gasteiger partial charge in [-0.3, -0.25) is 20.4 Å². The van der Waals surface area contributed by atoms with Crippen LogP contribution in [0.3, 0.4) is 0 Å². The highest BCUT2D eigenvalue weighted by atomic mass is 32.2. The fraction of sp³-hybridized carbons (Fsp3) is 0.417. The summed E-state index contributed by atoms with van der Waals surface area (Å²) in [7, 11) is 1.35. The number of pyridine rings is 1. The monoisotopic (exact) mass is 283 g/mol. The molecule has 6 nitrogen and oxygen atoms in total. The Morgan fingerprint density at radius 2 is 2.26 bits per heavy atom. The van der Waals surface area contributed by atoms with Crippen molar-refractivity contribution in [3.05, 3.63) is 24.4 Å². The third kappa shape index (κ3) is 6.66. The van der Waals surface area contributed by atoms with E-state index >= 15 is 0 Å². The highest BCUT2D eigenvalue weighted by molar-refractivity contribution is 8.00. The average Bonchev–Trinajstić information content (AvgIpc) is 2.43. The van der Waals surface area contributed by atoms with Crippen LogP contribution in [0.25, 0.3) is 0 Å². The molecule has 104 valence electrons. The molecule has 7 heteroatoms. The van der Waals surface area contributed by atoms with Crippen molar-refractivity contribution in [2.24, 2.45) is 0 Å². The Kier molecular flexibility index (Phi) is 6.73. The van der Waals surface area contributed by atoms with Crippen LogP contribution in [-0.4, -0.2) is 35.0 Å². The molecule has 0 fully saturated rings. The third-order valence-corrected chi connectivity index (χ3v) is 3.34. The summed E-state index contributed by atoms with van der Waals surface area (Å²) in [6.45, 7) is 1.88. The number of rotatable bonds is 7. The van der Waals surface area contributed by atoms with Gasteiger partial charge < -0.3 is 4.74 Å². The molecule has 2 N–H and O–H groups in total. The van der Waals surface area contributed by atoms with Crippen molar-refractivity contribution in [1.82, 2.24) is 10.4 Å². The first-order valence-corrected chi connectivity index (χ1v) is 6.81. The van der Waals surface area contributed by atoms with Crippen LogP contribution in [0.15, 0.2) is 24.4 Å². The second-order valence-corrected chi connectivity index (χ2v) is 5.22. The zero-order valence-corrected chi connectivity index (χ0v) is 11.7. The first-order chi connectivity index (χ1) is 9.11. The molecule has 1 unspecified atom stereocenters. The molecule has 1 heterocycles. The van der Waals surface area contributed by atoms with E-state index in [2.05, 4.69) is 20.6 Å². The summed E-state index contributed by atoms with van der Waals surface area (Å²) >= 11 is 1.39. The molecule has 0 bridgehead atoms. The van der Waals surface area contributed by atoms with E-state index < -0.39 is 0 Å². The van der Waals surface area contributed by atoms with Crippen molar-refractivity contribution >= 4 is 29.5 Å². The standard InChI is InChI=1S/C12H17N3O3S/c1-9(7-12(17)18-2)19-8-11(16)15-14-10-5-3-4-6-13-10/h3-6,9H,7-8H2,1-2H3,(H,13,14)(H,15,16). The Bertz CT molecular complexity index is 414. The normalized spacial score (nSPS) is 11.5. The van der Waals surface area contributed by atoms with Crippen LogP contribution in [0, 0.1) is 0 Å². The zero-order chi connectivity index (χ0) is 14.1. The van der Waals surface area contributed by atoms with Crippen LogP contribution in [0.2, 0.25) is 0 Å². The molecular weight excluding hydrogens is 266 g/mol. The Morgan fingerprint density at radius 1 is 1.47 bits per heavy atom. The number of amides is 1. The summed E-state index contributed by atoms with van der Waals surface area (Å²) in [5, 5.41) is 0.0352. The van der Waals surface area contributed by atoms with Crippen molar-refractivity contribution < 1.29 is 14.3 Å². The number of hydrazine groups is 1. The number of hydrogen-bond donors (Lipinski definition) is 2. The minimum Gasteiger partial charge on any atom is -0.469 e. The number of carbonyl (C=O) groups is 2. The van der Waals surface area contributed by atoms with E-state index in [9.17, 15) is 9.59 Å². The SMILES string of the molecule is COC(=O)CC(C)SCC(=O)NNc1ccccn1. The van der Waals surface area contributed by atoms with Crippen molar-refractivity contribution in [3.8, 4) is 0 Å². The van der Waals surface area contributed by atoms with Crippen molar-refractivity contribution in [3.63, 3.8) is 0 Å². The molecule has 0 aromatic carbocycles. The number of ether oxygens (including phenoxy) is 1. The number of esters is 1. The molecule has 1 amide bonds. The molecule has 0 saturated carbocycles. The quantitative estimate of drug-likeness (QED) is 0.578. The molecule has 19 heavy (non-hydrogen) atoms. The Hall–Kier alpha value is -1.76. The van der Waals surface area contributed by atoms with Crippen molar-refractivity contribution in [1.29, 1.82) is 0 Å². The van der Waals surface area contributed by atoms with Gasteiger partial charge in [0.15, 0.2) is 0 Å². The number of anilines is 1. The Morgan fingerprint density at radius 3 is 2.89 bits per heavy atom. The van der Waals surface area contributed by atoms with E-state index in [-0.39, 0.29) is 22.9 Å². The smallest absolute Gasteiger partial charge is 0.306 e. The number of aromatic nitrogens is 1. The highest BCUT2D eigenvalue weighted by Crippen LogP contribution is 2.14. The van der Waals surface area contributed by atoms with Gasteiger partial charge in [-0.25, -0.2) is 4.98 Å². The molecule has 1 atom stereocenters. The Labute approximate surface area is 116 Å². The van der Waals surface area contributed by atoms with Gasteiger partial charge in [-0.15, -0.1) is 11.8 Å². The maximum Gasteiger partial charge on any atom is 0.306 e. The molecule has 1 aromatic heterocycles. The topological polar surface area (TPSA) is 80.3 Å². The second-order valence-electron chi connectivity index (χ2n) is 3.79. The zero-order valence-electron chi connectivity index (χ0n) is 10.9. The minimum atomic E-state index is -0.271. The fourth-order valence-corrected chi connectivity index (χ4v) is 1.96.